The van der Waals surface area contributed by atoms with Gasteiger partial charge in [0.25, 0.3) is 0 Å². The van der Waals surface area contributed by atoms with Crippen LogP contribution >= 0.6 is 0 Å². The number of aryl methyl sites for hydroxylation is 1. The highest BCUT2D eigenvalue weighted by Crippen LogP contribution is 2.50. The first kappa shape index (κ1) is 25.8. The van der Waals surface area contributed by atoms with Gasteiger partial charge in [0.2, 0.25) is 17.1 Å². The highest BCUT2D eigenvalue weighted by molar-refractivity contribution is 5.83. The van der Waals surface area contributed by atoms with Gasteiger partial charge in [-0.05, 0) is 74.4 Å². The van der Waals surface area contributed by atoms with Crippen LogP contribution in [0.3, 0.4) is 0 Å². The van der Waals surface area contributed by atoms with Crippen molar-refractivity contribution in [3.8, 4) is 28.4 Å². The van der Waals surface area contributed by atoms with Crippen LogP contribution in [-0.2, 0) is 16.0 Å². The molecule has 2 N–H and O–H groups in total. The number of methoxy groups -OCH3 is 3. The second-order valence-corrected chi connectivity index (χ2v) is 10.0. The van der Waals surface area contributed by atoms with Crippen LogP contribution in [0.4, 0.5) is 5.69 Å². The van der Waals surface area contributed by atoms with E-state index >= 15 is 0 Å². The van der Waals surface area contributed by atoms with E-state index < -0.39 is 0 Å². The van der Waals surface area contributed by atoms with E-state index in [9.17, 15) is 9.59 Å². The molecule has 1 fully saturated rings. The summed E-state index contributed by atoms with van der Waals surface area (Å²) in [6, 6.07) is 7.16. The van der Waals surface area contributed by atoms with Crippen molar-refractivity contribution in [3.05, 3.63) is 45.6 Å². The molecule has 0 bridgehead atoms. The highest BCUT2D eigenvalue weighted by atomic mass is 16.5. The second kappa shape index (κ2) is 10.4. The van der Waals surface area contributed by atoms with E-state index in [2.05, 4.69) is 24.5 Å². The van der Waals surface area contributed by atoms with Gasteiger partial charge < -0.3 is 29.6 Å². The predicted octanol–water partition coefficient (Wildman–Crippen LogP) is 4.23. The molecule has 8 nitrogen and oxygen atoms in total. The van der Waals surface area contributed by atoms with Crippen molar-refractivity contribution in [2.45, 2.75) is 64.1 Å². The minimum atomic E-state index is -0.332. The Balaban J connectivity index is 1.90. The molecule has 194 valence electrons. The Morgan fingerprint density at radius 2 is 1.81 bits per heavy atom. The third-order valence-corrected chi connectivity index (χ3v) is 6.97. The van der Waals surface area contributed by atoms with Crippen molar-refractivity contribution in [2.75, 3.05) is 33.3 Å². The molecule has 2 atom stereocenters. The fourth-order valence-corrected chi connectivity index (χ4v) is 5.40. The lowest BCUT2D eigenvalue weighted by Gasteiger charge is -2.36. The molecule has 1 heterocycles. The summed E-state index contributed by atoms with van der Waals surface area (Å²) in [7, 11) is 4.76. The zero-order valence-corrected chi connectivity index (χ0v) is 21.9. The van der Waals surface area contributed by atoms with Crippen LogP contribution in [0.1, 0.15) is 57.2 Å². The quantitative estimate of drug-likeness (QED) is 0.618. The van der Waals surface area contributed by atoms with Crippen molar-refractivity contribution in [1.29, 1.82) is 0 Å². The number of amides is 1. The lowest BCUT2D eigenvalue weighted by atomic mass is 9.94. The molecule has 4 rings (SSSR count). The third-order valence-electron chi connectivity index (χ3n) is 6.97. The monoisotopic (exact) mass is 496 g/mol. The molecule has 0 aromatic heterocycles. The van der Waals surface area contributed by atoms with E-state index in [-0.39, 0.29) is 29.0 Å². The molecule has 0 spiro atoms. The Bertz CT molecular complexity index is 1210. The Kier molecular flexibility index (Phi) is 7.45. The topological polar surface area (TPSA) is 95.1 Å². The molecular weight excluding hydrogens is 460 g/mol. The molecular formula is C28H36N2O6. The maximum absolute atomic E-state index is 13.5. The fourth-order valence-electron chi connectivity index (χ4n) is 5.40. The molecule has 1 aliphatic heterocycles. The number of hydrogen-bond acceptors (Lipinski definition) is 7. The molecule has 8 heteroatoms. The average Bonchev–Trinajstić information content (AvgIpc) is 3.06. The van der Waals surface area contributed by atoms with Crippen LogP contribution < -0.4 is 30.3 Å². The molecule has 0 radical (unpaired) electrons. The summed E-state index contributed by atoms with van der Waals surface area (Å²) >= 11 is 0. The summed E-state index contributed by atoms with van der Waals surface area (Å²) in [6.45, 7) is 6.26. The van der Waals surface area contributed by atoms with Crippen LogP contribution in [0.2, 0.25) is 0 Å². The summed E-state index contributed by atoms with van der Waals surface area (Å²) in [6.07, 6.45) is 2.90. The smallest absolute Gasteiger partial charge is 0.217 e. The van der Waals surface area contributed by atoms with Crippen LogP contribution in [-0.4, -0.2) is 45.5 Å². The van der Waals surface area contributed by atoms with Gasteiger partial charge in [0.1, 0.15) is 0 Å². The number of carbonyl (C=O) groups is 1. The first-order chi connectivity index (χ1) is 17.2. The molecule has 2 aromatic rings. The van der Waals surface area contributed by atoms with Gasteiger partial charge in [0, 0.05) is 25.1 Å². The van der Waals surface area contributed by atoms with Gasteiger partial charge in [-0.3, -0.25) is 9.59 Å². The Labute approximate surface area is 212 Å². The van der Waals surface area contributed by atoms with E-state index in [4.69, 9.17) is 18.9 Å². The van der Waals surface area contributed by atoms with Crippen LogP contribution in [0, 0.1) is 0 Å². The number of carbonyl (C=O) groups excluding carboxylic acids is 1. The lowest BCUT2D eigenvalue weighted by molar-refractivity contribution is -0.119. The normalized spacial score (nSPS) is 20.3. The first-order valence-electron chi connectivity index (χ1n) is 12.4. The molecule has 2 unspecified atom stereocenters. The maximum Gasteiger partial charge on any atom is 0.217 e. The van der Waals surface area contributed by atoms with E-state index in [0.29, 0.717) is 42.4 Å². The number of benzene rings is 1. The van der Waals surface area contributed by atoms with Crippen molar-refractivity contribution < 1.29 is 23.7 Å². The van der Waals surface area contributed by atoms with Crippen LogP contribution in [0.25, 0.3) is 11.1 Å². The van der Waals surface area contributed by atoms with Gasteiger partial charge in [-0.25, -0.2) is 0 Å². The van der Waals surface area contributed by atoms with Gasteiger partial charge in [-0.2, -0.15) is 0 Å². The van der Waals surface area contributed by atoms with Gasteiger partial charge in [0.15, 0.2) is 11.5 Å². The number of anilines is 1. The van der Waals surface area contributed by atoms with Crippen LogP contribution in [0.15, 0.2) is 29.1 Å². The van der Waals surface area contributed by atoms with Crippen molar-refractivity contribution in [3.63, 3.8) is 0 Å². The summed E-state index contributed by atoms with van der Waals surface area (Å²) in [4.78, 5) is 25.6. The maximum atomic E-state index is 13.5. The molecule has 1 saturated heterocycles. The first-order valence-corrected chi connectivity index (χ1v) is 12.4. The minimum Gasteiger partial charge on any atom is -0.493 e. The standard InChI is InChI=1S/C28H36N2O6/c1-16(31)29-21-9-7-17-13-24(33-4)26(34-5)27(35-6)25(17)19-8-10-22(23(32)14-20(19)21)30-18-11-12-36-28(2,3)15-18/h8,10,13-14,18,21H,7,9,11-12,15H2,1-6H3,(H,29,31)(H,30,32). The van der Waals surface area contributed by atoms with E-state index in [0.717, 1.165) is 35.1 Å². The van der Waals surface area contributed by atoms with Crippen LogP contribution in [0.5, 0.6) is 17.2 Å². The third kappa shape index (κ3) is 5.14. The minimum absolute atomic E-state index is 0.126. The molecule has 1 aliphatic carbocycles. The van der Waals surface area contributed by atoms with E-state index in [1.54, 1.807) is 27.4 Å². The zero-order valence-electron chi connectivity index (χ0n) is 21.9. The van der Waals surface area contributed by atoms with Gasteiger partial charge in [-0.1, -0.05) is 6.07 Å². The molecule has 36 heavy (non-hydrogen) atoms. The number of rotatable bonds is 6. The number of nitrogens with one attached hydrogen (secondary N) is 2. The Hall–Kier alpha value is -3.26. The largest absolute Gasteiger partial charge is 0.493 e. The number of fused-ring (bicyclic) bond motifs is 3. The van der Waals surface area contributed by atoms with Crippen molar-refractivity contribution in [2.24, 2.45) is 0 Å². The summed E-state index contributed by atoms with van der Waals surface area (Å²) in [5, 5.41) is 6.50. The number of ether oxygens (including phenoxy) is 4. The van der Waals surface area contributed by atoms with Crippen molar-refractivity contribution in [1.82, 2.24) is 5.32 Å². The SMILES string of the molecule is COc1cc2c(c(OC)c1OC)-c1ccc(NC3CCOC(C)(C)C3)c(=O)cc1C(NC(C)=O)CC2. The summed E-state index contributed by atoms with van der Waals surface area (Å²) < 4.78 is 22.9. The Morgan fingerprint density at radius 1 is 1.06 bits per heavy atom. The van der Waals surface area contributed by atoms with E-state index in [1.807, 2.05) is 18.2 Å². The van der Waals surface area contributed by atoms with Gasteiger partial charge in [-0.15, -0.1) is 0 Å². The van der Waals surface area contributed by atoms with Gasteiger partial charge >= 0.3 is 0 Å². The predicted molar refractivity (Wildman–Crippen MR) is 139 cm³/mol. The highest BCUT2D eigenvalue weighted by Gasteiger charge is 2.31. The number of hydrogen-bond donors (Lipinski definition) is 2. The average molecular weight is 497 g/mol. The van der Waals surface area contributed by atoms with Crippen molar-refractivity contribution >= 4 is 11.6 Å². The Morgan fingerprint density at radius 3 is 2.44 bits per heavy atom. The zero-order chi connectivity index (χ0) is 26.0. The fraction of sp³-hybridized carbons (Fsp3) is 0.500. The van der Waals surface area contributed by atoms with Gasteiger partial charge in [0.05, 0.1) is 38.7 Å². The molecule has 0 saturated carbocycles. The summed E-state index contributed by atoms with van der Waals surface area (Å²) in [5.41, 5.74) is 3.55. The lowest BCUT2D eigenvalue weighted by Crippen LogP contribution is -2.40. The second-order valence-electron chi connectivity index (χ2n) is 10.0. The molecule has 2 aliphatic rings. The van der Waals surface area contributed by atoms with E-state index in [1.165, 1.54) is 6.92 Å². The molecule has 1 amide bonds. The summed E-state index contributed by atoms with van der Waals surface area (Å²) in [5.74, 6) is 1.44. The molecule has 2 aromatic carbocycles.